The highest BCUT2D eigenvalue weighted by molar-refractivity contribution is 7.09. The summed E-state index contributed by atoms with van der Waals surface area (Å²) in [6.07, 6.45) is 27.9. The third-order valence-electron chi connectivity index (χ3n) is 7.13. The Bertz CT molecular complexity index is 2040. The van der Waals surface area contributed by atoms with Crippen LogP contribution in [0.1, 0.15) is 227 Å². The topological polar surface area (TPSA) is 234 Å². The fourth-order valence-corrected chi connectivity index (χ4v) is 6.04. The zero-order valence-corrected chi connectivity index (χ0v) is 70.7. The molecule has 0 fully saturated rings. The Morgan fingerprint density at radius 2 is 1.03 bits per heavy atom. The third kappa shape index (κ3) is 108. The summed E-state index contributed by atoms with van der Waals surface area (Å²) in [5, 5.41) is 16.1. The molecule has 0 aliphatic carbocycles. The van der Waals surface area contributed by atoms with E-state index in [1.165, 1.54) is 39.1 Å². The SMILES string of the molecule is CC.CC.CC.CC.CC.CC.CC.CC.CC.CC.CC.CC.Cc1ccno1.Cc1ccoc1.Cc1ccon1.Cc1ccsn1.Cc1cnc[nH]1.Cc1cnc[nH]1.Cc1cncs1.Cc1cnsc1.Cc1cscn1.Cc1ncc[nH]1.Cc1nccs1.Cn1ccnc1. The molecule has 0 saturated carbocycles. The van der Waals surface area contributed by atoms with Crippen LogP contribution in [0.25, 0.3) is 0 Å². The summed E-state index contributed by atoms with van der Waals surface area (Å²) in [5.41, 5.74) is 11.4. The molecule has 0 aliphatic rings. The van der Waals surface area contributed by atoms with Crippen LogP contribution in [-0.4, -0.2) is 73.5 Å². The maximum absolute atomic E-state index is 4.71. The van der Waals surface area contributed by atoms with E-state index >= 15 is 0 Å². The van der Waals surface area contributed by atoms with Gasteiger partial charge in [0.05, 0.1) is 65.1 Å². The molecule has 0 radical (unpaired) electrons. The molecule has 0 aromatic carbocycles. The zero-order valence-electron chi connectivity index (χ0n) is 66.6. The van der Waals surface area contributed by atoms with Gasteiger partial charge in [0, 0.05) is 118 Å². The van der Waals surface area contributed by atoms with Crippen LogP contribution in [0.5, 0.6) is 0 Å². The fraction of sp³-hybridized carbons (Fsp3) is 0.493. The first-order valence-electron chi connectivity index (χ1n) is 33.5. The first kappa shape index (κ1) is 116. The molecular weight excluding hydrogens is 1300 g/mol. The average Bonchev–Trinajstić information content (AvgIpc) is 4.46. The second kappa shape index (κ2) is 112. The van der Waals surface area contributed by atoms with E-state index < -0.39 is 0 Å². The average molecular weight is 1430 g/mol. The van der Waals surface area contributed by atoms with Gasteiger partial charge in [0.25, 0.3) is 0 Å². The molecule has 12 aromatic heterocycles. The number of aromatic amines is 3. The van der Waals surface area contributed by atoms with Gasteiger partial charge < -0.3 is 33.0 Å². The van der Waals surface area contributed by atoms with Gasteiger partial charge in [-0.25, -0.2) is 24.3 Å². The van der Waals surface area contributed by atoms with E-state index in [-0.39, 0.29) is 0 Å². The predicted octanol–water partition coefficient (Wildman–Crippen LogP) is 25.7. The van der Waals surface area contributed by atoms with Gasteiger partial charge in [-0.05, 0) is 122 Å². The molecule has 12 aromatic rings. The summed E-state index contributed by atoms with van der Waals surface area (Å²) < 4.78 is 23.5. The summed E-state index contributed by atoms with van der Waals surface area (Å²) in [5.74, 6) is 1.82. The first-order valence-corrected chi connectivity index (χ1v) is 37.9. The molecule has 0 bridgehead atoms. The van der Waals surface area contributed by atoms with Crippen molar-refractivity contribution < 1.29 is 13.5 Å². The molecule has 0 amide bonds. The molecule has 18 nitrogen and oxygen atoms in total. The second-order valence-electron chi connectivity index (χ2n) is 14.1. The number of hydrogen-bond donors (Lipinski definition) is 3. The molecule has 0 saturated heterocycles. The Morgan fingerprint density at radius 1 is 0.458 bits per heavy atom. The Morgan fingerprint density at radius 3 is 1.15 bits per heavy atom. The van der Waals surface area contributed by atoms with Crippen molar-refractivity contribution in [2.45, 2.75) is 242 Å². The molecule has 23 heteroatoms. The van der Waals surface area contributed by atoms with Crippen LogP contribution in [0, 0.1) is 76.2 Å². The molecule has 0 unspecified atom stereocenters. The standard InChI is InChI=1S/C5H6O.4C4H6N2.2C4H5NO.5C4H5NS.12C2H6/c1-5-2-3-6-4-5;2*1-4-2-5-3-6-4;1-6-3-2-5-4-6;1-4-5-2-3-6-4;1-4-2-3-6-5-4;1-4-2-3-5-6-4;1-4-2-6-3-5-4;1-4-2-5-3-6-4;1-4-2-5-6-3-4;1-4-5-2-3-6-4;1-4-2-3-6-5-4;12*1-2/h2-4H,1H3;2*2-3H,1H3,(H,5,6);2-4H,1H3;2-3H,1H3,(H,5,6);7*2-3H,1H3;12*1-2H3. The van der Waals surface area contributed by atoms with Gasteiger partial charge in [0.1, 0.15) is 17.8 Å². The highest BCUT2D eigenvalue weighted by atomic mass is 32.1. The van der Waals surface area contributed by atoms with Crippen molar-refractivity contribution in [1.82, 2.24) is 73.5 Å². The van der Waals surface area contributed by atoms with E-state index in [0.717, 1.165) is 45.1 Å². The number of imidazole rings is 4. The molecule has 552 valence electrons. The summed E-state index contributed by atoms with van der Waals surface area (Å²) in [6, 6.07) is 7.52. The van der Waals surface area contributed by atoms with Gasteiger partial charge in [-0.1, -0.05) is 176 Å². The van der Waals surface area contributed by atoms with E-state index in [1.54, 1.807) is 127 Å². The molecule has 0 atom stereocenters. The molecule has 3 N–H and O–H groups in total. The maximum atomic E-state index is 4.71. The van der Waals surface area contributed by atoms with Crippen molar-refractivity contribution in [3.05, 3.63) is 218 Å². The highest BCUT2D eigenvalue weighted by Crippen LogP contribution is 2.01. The maximum Gasteiger partial charge on any atom is 0.133 e. The third-order valence-corrected chi connectivity index (χ3v) is 10.6. The zero-order chi connectivity index (χ0) is 76.9. The van der Waals surface area contributed by atoms with Crippen molar-refractivity contribution in [1.29, 1.82) is 0 Å². The summed E-state index contributed by atoms with van der Waals surface area (Å²) >= 11 is 7.94. The highest BCUT2D eigenvalue weighted by Gasteiger charge is 1.82. The van der Waals surface area contributed by atoms with Crippen LogP contribution in [-0.2, 0) is 7.05 Å². The molecule has 0 spiro atoms. The number of thiazole rings is 3. The van der Waals surface area contributed by atoms with Crippen LogP contribution in [0.15, 0.2) is 170 Å². The van der Waals surface area contributed by atoms with Gasteiger partial charge in [0.2, 0.25) is 0 Å². The van der Waals surface area contributed by atoms with Gasteiger partial charge in [0.15, 0.2) is 0 Å². The van der Waals surface area contributed by atoms with Gasteiger partial charge in [-0.3, -0.25) is 15.0 Å². The van der Waals surface area contributed by atoms with E-state index in [0.29, 0.717) is 0 Å². The van der Waals surface area contributed by atoms with Crippen LogP contribution in [0.3, 0.4) is 0 Å². The molecule has 0 aliphatic heterocycles. The van der Waals surface area contributed by atoms with Gasteiger partial charge in [-0.2, -0.15) is 4.37 Å². The number of aryl methyl sites for hydroxylation is 12. The van der Waals surface area contributed by atoms with Crippen LogP contribution in [0.2, 0.25) is 0 Å². The minimum atomic E-state index is 0.856. The summed E-state index contributed by atoms with van der Waals surface area (Å²) in [4.78, 5) is 36.8. The van der Waals surface area contributed by atoms with E-state index in [9.17, 15) is 0 Å². The molecule has 96 heavy (non-hydrogen) atoms. The fourth-order valence-electron chi connectivity index (χ4n) is 3.58. The number of H-pyrrole nitrogens is 3. The quantitative estimate of drug-likeness (QED) is 0.128. The number of nitrogens with zero attached hydrogens (tertiary/aromatic N) is 12. The Labute approximate surface area is 607 Å². The van der Waals surface area contributed by atoms with Crippen molar-refractivity contribution in [3.63, 3.8) is 0 Å². The Balaban J connectivity index is -0.0000000779. The number of aromatic nitrogens is 15. The van der Waals surface area contributed by atoms with Crippen molar-refractivity contribution in [2.24, 2.45) is 7.05 Å². The van der Waals surface area contributed by atoms with E-state index in [4.69, 9.17) is 4.42 Å². The summed E-state index contributed by atoms with van der Waals surface area (Å²) in [7, 11) is 1.94. The lowest BCUT2D eigenvalue weighted by Crippen LogP contribution is -1.76. The van der Waals surface area contributed by atoms with Crippen LogP contribution < -0.4 is 0 Å². The Kier molecular flexibility index (Phi) is 135. The molecule has 12 heterocycles. The van der Waals surface area contributed by atoms with E-state index in [2.05, 4.69) is 77.9 Å². The number of furan rings is 1. The number of rotatable bonds is 0. The minimum absolute atomic E-state index is 0.856. The largest absolute Gasteiger partial charge is 0.472 e. The monoisotopic (exact) mass is 1430 g/mol. The Hall–Kier alpha value is -7.31. The van der Waals surface area contributed by atoms with E-state index in [1.807, 2.05) is 317 Å². The summed E-state index contributed by atoms with van der Waals surface area (Å²) in [6.45, 7) is 69.6. The molecular formula is C73H137N15O3S5. The second-order valence-corrected chi connectivity index (χ2v) is 18.3. The lowest BCUT2D eigenvalue weighted by Gasteiger charge is -1.76. The lowest BCUT2D eigenvalue weighted by atomic mass is 10.4. The minimum Gasteiger partial charge on any atom is -0.472 e. The number of hydrogen-bond acceptors (Lipinski definition) is 19. The smallest absolute Gasteiger partial charge is 0.133 e. The lowest BCUT2D eigenvalue weighted by molar-refractivity contribution is 0.397. The number of nitrogens with one attached hydrogen (secondary N) is 3. The predicted molar refractivity (Wildman–Crippen MR) is 430 cm³/mol. The molecule has 12 rings (SSSR count). The van der Waals surface area contributed by atoms with Crippen molar-refractivity contribution in [2.75, 3.05) is 0 Å². The van der Waals surface area contributed by atoms with Crippen LogP contribution >= 0.6 is 57.1 Å². The van der Waals surface area contributed by atoms with Crippen molar-refractivity contribution in [3.8, 4) is 0 Å². The van der Waals surface area contributed by atoms with Gasteiger partial charge >= 0.3 is 0 Å². The van der Waals surface area contributed by atoms with Crippen molar-refractivity contribution >= 4 is 57.1 Å². The van der Waals surface area contributed by atoms with Gasteiger partial charge in [-0.15, -0.1) is 34.0 Å². The first-order chi connectivity index (χ1) is 46.7. The normalized spacial score (nSPS) is 7.38. The van der Waals surface area contributed by atoms with Crippen LogP contribution in [0.4, 0.5) is 0 Å².